The van der Waals surface area contributed by atoms with Gasteiger partial charge in [-0.25, -0.2) is 0 Å². The van der Waals surface area contributed by atoms with Gasteiger partial charge >= 0.3 is 0 Å². The van der Waals surface area contributed by atoms with Gasteiger partial charge in [-0.1, -0.05) is 90.9 Å². The van der Waals surface area contributed by atoms with Crippen LogP contribution in [0.2, 0.25) is 0 Å². The fourth-order valence-electron chi connectivity index (χ4n) is 3.76. The molecule has 0 aliphatic heterocycles. The molecule has 0 heterocycles. The summed E-state index contributed by atoms with van der Waals surface area (Å²) in [5, 5.41) is 20.5. The number of rotatable bonds is 16. The molecule has 0 spiro atoms. The molecule has 0 fully saturated rings. The fourth-order valence-corrected chi connectivity index (χ4v) is 3.76. The Bertz CT molecular complexity index is 507. The standard InChI is InChI=1S/C24H40O4/c1-3-5-7-9-11-13-15-17-19-21(25)23(27)20(24(28)22(19)26)18-16-14-12-10-8-6-4-2/h25,28H,3-18H2,1-2H3. The Morgan fingerprint density at radius 3 is 1.11 bits per heavy atom. The molecule has 0 amide bonds. The molecular formula is C24H40O4. The van der Waals surface area contributed by atoms with Gasteiger partial charge in [-0.3, -0.25) is 9.59 Å². The Balaban J connectivity index is 2.43. The third-order valence-corrected chi connectivity index (χ3v) is 5.61. The second kappa shape index (κ2) is 14.4. The molecule has 2 N–H and O–H groups in total. The van der Waals surface area contributed by atoms with Crippen LogP contribution in [0.1, 0.15) is 117 Å². The van der Waals surface area contributed by atoms with Crippen molar-refractivity contribution in [2.45, 2.75) is 117 Å². The zero-order chi connectivity index (χ0) is 20.8. The molecule has 1 aliphatic carbocycles. The molecule has 1 aliphatic rings. The molecule has 0 aromatic carbocycles. The van der Waals surface area contributed by atoms with Gasteiger partial charge in [0.2, 0.25) is 11.6 Å². The molecule has 4 nitrogen and oxygen atoms in total. The second-order valence-electron chi connectivity index (χ2n) is 8.06. The number of allylic oxidation sites excluding steroid dienone is 2. The minimum absolute atomic E-state index is 0.0966. The molecule has 28 heavy (non-hydrogen) atoms. The second-order valence-corrected chi connectivity index (χ2v) is 8.06. The molecule has 0 saturated heterocycles. The van der Waals surface area contributed by atoms with Crippen molar-refractivity contribution in [1.29, 1.82) is 0 Å². The zero-order valence-corrected chi connectivity index (χ0v) is 18.0. The van der Waals surface area contributed by atoms with Crippen LogP contribution in [0, 0.1) is 0 Å². The van der Waals surface area contributed by atoms with E-state index in [2.05, 4.69) is 13.8 Å². The van der Waals surface area contributed by atoms with Gasteiger partial charge in [0.1, 0.15) is 0 Å². The molecule has 0 atom stereocenters. The molecular weight excluding hydrogens is 352 g/mol. The summed E-state index contributed by atoms with van der Waals surface area (Å²) in [4.78, 5) is 24.9. The number of carbonyl (C=O) groups excluding carboxylic acids is 2. The lowest BCUT2D eigenvalue weighted by Gasteiger charge is -2.18. The topological polar surface area (TPSA) is 74.6 Å². The van der Waals surface area contributed by atoms with Gasteiger partial charge in [0.25, 0.3) is 0 Å². The van der Waals surface area contributed by atoms with E-state index < -0.39 is 23.1 Å². The van der Waals surface area contributed by atoms with Gasteiger partial charge in [0.05, 0.1) is 0 Å². The number of hydrogen-bond acceptors (Lipinski definition) is 4. The van der Waals surface area contributed by atoms with E-state index in [9.17, 15) is 19.8 Å². The lowest BCUT2D eigenvalue weighted by Crippen LogP contribution is -2.24. The van der Waals surface area contributed by atoms with E-state index in [1.807, 2.05) is 0 Å². The van der Waals surface area contributed by atoms with Crippen molar-refractivity contribution in [3.05, 3.63) is 22.7 Å². The highest BCUT2D eigenvalue weighted by molar-refractivity contribution is 6.23. The molecule has 1 rings (SSSR count). The summed E-state index contributed by atoms with van der Waals surface area (Å²) >= 11 is 0. The van der Waals surface area contributed by atoms with E-state index in [1.54, 1.807) is 0 Å². The van der Waals surface area contributed by atoms with Crippen molar-refractivity contribution in [3.63, 3.8) is 0 Å². The van der Waals surface area contributed by atoms with E-state index in [4.69, 9.17) is 0 Å². The van der Waals surface area contributed by atoms with Crippen LogP contribution in [-0.2, 0) is 9.59 Å². The maximum absolute atomic E-state index is 12.4. The number of Topliss-reactive ketones (excluding diaryl/α,β-unsaturated/α-hetero) is 2. The van der Waals surface area contributed by atoms with Crippen molar-refractivity contribution in [2.24, 2.45) is 0 Å². The summed E-state index contributed by atoms with van der Waals surface area (Å²) in [6.07, 6.45) is 16.1. The maximum Gasteiger partial charge on any atom is 0.227 e. The Morgan fingerprint density at radius 2 is 0.786 bits per heavy atom. The summed E-state index contributed by atoms with van der Waals surface area (Å²) in [5.41, 5.74) is 0.193. The highest BCUT2D eigenvalue weighted by Gasteiger charge is 2.33. The summed E-state index contributed by atoms with van der Waals surface area (Å²) in [6.45, 7) is 4.37. The van der Waals surface area contributed by atoms with Crippen LogP contribution in [0.5, 0.6) is 0 Å². The normalized spacial score (nSPS) is 15.1. The van der Waals surface area contributed by atoms with Gasteiger partial charge in [-0.05, 0) is 25.7 Å². The average molecular weight is 393 g/mol. The van der Waals surface area contributed by atoms with E-state index in [0.29, 0.717) is 12.8 Å². The molecule has 0 aromatic rings. The van der Waals surface area contributed by atoms with Crippen LogP contribution in [0.3, 0.4) is 0 Å². The van der Waals surface area contributed by atoms with Crippen molar-refractivity contribution in [1.82, 2.24) is 0 Å². The first-order chi connectivity index (χ1) is 13.5. The first kappa shape index (κ1) is 24.5. The van der Waals surface area contributed by atoms with Gasteiger partial charge in [0, 0.05) is 11.1 Å². The number of ketones is 2. The van der Waals surface area contributed by atoms with Gasteiger partial charge in [-0.15, -0.1) is 0 Å². The van der Waals surface area contributed by atoms with Crippen LogP contribution in [0.15, 0.2) is 22.7 Å². The Morgan fingerprint density at radius 1 is 0.500 bits per heavy atom. The minimum Gasteiger partial charge on any atom is -0.504 e. The number of aliphatic hydroxyl groups excluding tert-OH is 2. The van der Waals surface area contributed by atoms with Crippen LogP contribution in [0.25, 0.3) is 0 Å². The quantitative estimate of drug-likeness (QED) is 0.218. The highest BCUT2D eigenvalue weighted by Crippen LogP contribution is 2.29. The van der Waals surface area contributed by atoms with Crippen LogP contribution >= 0.6 is 0 Å². The molecule has 160 valence electrons. The van der Waals surface area contributed by atoms with Crippen molar-refractivity contribution in [2.75, 3.05) is 0 Å². The summed E-state index contributed by atoms with van der Waals surface area (Å²) in [7, 11) is 0. The van der Waals surface area contributed by atoms with Crippen molar-refractivity contribution in [3.8, 4) is 0 Å². The first-order valence-corrected chi connectivity index (χ1v) is 11.5. The van der Waals surface area contributed by atoms with Gasteiger partial charge in [0.15, 0.2) is 11.5 Å². The average Bonchev–Trinajstić information content (AvgIpc) is 2.69. The highest BCUT2D eigenvalue weighted by atomic mass is 16.3. The number of hydrogen-bond donors (Lipinski definition) is 2. The van der Waals surface area contributed by atoms with Crippen molar-refractivity contribution >= 4 is 11.6 Å². The smallest absolute Gasteiger partial charge is 0.227 e. The van der Waals surface area contributed by atoms with E-state index >= 15 is 0 Å². The Hall–Kier alpha value is -1.58. The third kappa shape index (κ3) is 8.20. The summed E-state index contributed by atoms with van der Waals surface area (Å²) in [5.74, 6) is -1.99. The molecule has 0 radical (unpaired) electrons. The Kier molecular flexibility index (Phi) is 12.6. The molecule has 0 aromatic heterocycles. The number of carbonyl (C=O) groups is 2. The number of unbranched alkanes of at least 4 members (excludes halogenated alkanes) is 12. The largest absolute Gasteiger partial charge is 0.504 e. The molecule has 4 heteroatoms. The van der Waals surface area contributed by atoms with Crippen LogP contribution < -0.4 is 0 Å². The monoisotopic (exact) mass is 392 g/mol. The lowest BCUT2D eigenvalue weighted by atomic mass is 9.88. The van der Waals surface area contributed by atoms with Crippen LogP contribution in [0.4, 0.5) is 0 Å². The summed E-state index contributed by atoms with van der Waals surface area (Å²) < 4.78 is 0. The molecule has 0 saturated carbocycles. The van der Waals surface area contributed by atoms with Crippen molar-refractivity contribution < 1.29 is 19.8 Å². The maximum atomic E-state index is 12.4. The first-order valence-electron chi connectivity index (χ1n) is 11.5. The summed E-state index contributed by atoms with van der Waals surface area (Å²) in [6, 6.07) is 0. The molecule has 0 bridgehead atoms. The lowest BCUT2D eigenvalue weighted by molar-refractivity contribution is -0.120. The SMILES string of the molecule is CCCCCCCCCC1=C(O)C(=O)C(CCCCCCCCC)=C(O)C1=O. The fraction of sp³-hybridized carbons (Fsp3) is 0.750. The third-order valence-electron chi connectivity index (χ3n) is 5.61. The predicted octanol–water partition coefficient (Wildman–Crippen LogP) is 7.04. The zero-order valence-electron chi connectivity index (χ0n) is 18.0. The van der Waals surface area contributed by atoms with E-state index in [1.165, 1.54) is 51.4 Å². The minimum atomic E-state index is -0.555. The van der Waals surface area contributed by atoms with Crippen LogP contribution in [-0.4, -0.2) is 21.8 Å². The number of aliphatic hydroxyl groups is 2. The predicted molar refractivity (Wildman–Crippen MR) is 115 cm³/mol. The van der Waals surface area contributed by atoms with Gasteiger partial charge < -0.3 is 10.2 Å². The van der Waals surface area contributed by atoms with E-state index in [-0.39, 0.29) is 11.1 Å². The Labute approximate surface area is 171 Å². The van der Waals surface area contributed by atoms with E-state index in [0.717, 1.165) is 38.5 Å². The van der Waals surface area contributed by atoms with Gasteiger partial charge in [-0.2, -0.15) is 0 Å². The molecule has 0 unspecified atom stereocenters.